The molecule has 4 atom stereocenters. The zero-order valence-electron chi connectivity index (χ0n) is 19.4. The summed E-state index contributed by atoms with van der Waals surface area (Å²) in [6.07, 6.45) is 21.0. The molecule has 1 saturated heterocycles. The van der Waals surface area contributed by atoms with E-state index in [1.165, 1.54) is 77.0 Å². The molecule has 5 nitrogen and oxygen atoms in total. The molecule has 0 saturated carbocycles. The SMILES string of the molecule is CCCCCCCCCCCCC/C=C/CCCCO[C@@H]1CO[C@H]([C@@H](O)CO)[C@@H]1O. The highest BCUT2D eigenvalue weighted by atomic mass is 16.6. The first kappa shape index (κ1) is 27.6. The van der Waals surface area contributed by atoms with Gasteiger partial charge in [-0.2, -0.15) is 0 Å². The zero-order chi connectivity index (χ0) is 21.9. The third-order valence-corrected chi connectivity index (χ3v) is 5.97. The van der Waals surface area contributed by atoms with Crippen LogP contribution in [0.3, 0.4) is 0 Å². The standard InChI is InChI=1S/C25H48O5/c1-2-3-4-5-6-7-8-9-10-11-12-13-14-15-16-17-18-19-29-23-21-30-25(24(23)28)22(27)20-26/h14-15,22-28H,2-13,16-21H2,1H3/b15-14+/t22-,23+,24+,25+/m0/s1. The maximum atomic E-state index is 10.1. The average Bonchev–Trinajstić information content (AvgIpc) is 3.12. The van der Waals surface area contributed by atoms with E-state index in [1.807, 2.05) is 0 Å². The van der Waals surface area contributed by atoms with Gasteiger partial charge in [0.1, 0.15) is 24.4 Å². The van der Waals surface area contributed by atoms with Crippen molar-refractivity contribution in [2.24, 2.45) is 0 Å². The minimum Gasteiger partial charge on any atom is -0.394 e. The van der Waals surface area contributed by atoms with Crippen molar-refractivity contribution in [1.29, 1.82) is 0 Å². The van der Waals surface area contributed by atoms with E-state index >= 15 is 0 Å². The Kier molecular flexibility index (Phi) is 17.7. The smallest absolute Gasteiger partial charge is 0.114 e. The zero-order valence-corrected chi connectivity index (χ0v) is 19.4. The summed E-state index contributed by atoms with van der Waals surface area (Å²) in [5.41, 5.74) is 0. The lowest BCUT2D eigenvalue weighted by atomic mass is 10.1. The molecule has 0 spiro atoms. The van der Waals surface area contributed by atoms with Crippen LogP contribution in [-0.2, 0) is 9.47 Å². The number of aliphatic hydroxyl groups excluding tert-OH is 3. The minimum absolute atomic E-state index is 0.266. The van der Waals surface area contributed by atoms with Gasteiger partial charge < -0.3 is 24.8 Å². The lowest BCUT2D eigenvalue weighted by Crippen LogP contribution is -2.41. The van der Waals surface area contributed by atoms with Crippen LogP contribution in [0.5, 0.6) is 0 Å². The van der Waals surface area contributed by atoms with Crippen LogP contribution >= 0.6 is 0 Å². The molecule has 1 aliphatic rings. The van der Waals surface area contributed by atoms with Gasteiger partial charge in [0.2, 0.25) is 0 Å². The summed E-state index contributed by atoms with van der Waals surface area (Å²) in [4.78, 5) is 0. The number of rotatable bonds is 20. The van der Waals surface area contributed by atoms with Crippen LogP contribution in [-0.4, -0.2) is 59.6 Å². The van der Waals surface area contributed by atoms with Crippen LogP contribution in [0, 0.1) is 0 Å². The van der Waals surface area contributed by atoms with Crippen LogP contribution in [0.4, 0.5) is 0 Å². The number of unbranched alkanes of at least 4 members (excludes halogenated alkanes) is 13. The summed E-state index contributed by atoms with van der Waals surface area (Å²) in [6.45, 7) is 2.70. The van der Waals surface area contributed by atoms with E-state index in [-0.39, 0.29) is 6.61 Å². The van der Waals surface area contributed by atoms with Crippen LogP contribution < -0.4 is 0 Å². The van der Waals surface area contributed by atoms with Gasteiger partial charge in [-0.1, -0.05) is 83.3 Å². The third-order valence-electron chi connectivity index (χ3n) is 5.97. The van der Waals surface area contributed by atoms with E-state index < -0.39 is 31.0 Å². The van der Waals surface area contributed by atoms with E-state index in [0.29, 0.717) is 6.61 Å². The van der Waals surface area contributed by atoms with E-state index in [9.17, 15) is 10.2 Å². The normalized spacial score (nSPS) is 22.9. The summed E-state index contributed by atoms with van der Waals surface area (Å²) in [7, 11) is 0. The van der Waals surface area contributed by atoms with Crippen molar-refractivity contribution in [2.75, 3.05) is 19.8 Å². The predicted octanol–water partition coefficient (Wildman–Crippen LogP) is 4.91. The van der Waals surface area contributed by atoms with Crippen LogP contribution in [0.25, 0.3) is 0 Å². The fraction of sp³-hybridized carbons (Fsp3) is 0.920. The second-order valence-electron chi connectivity index (χ2n) is 8.74. The molecule has 3 N–H and O–H groups in total. The maximum Gasteiger partial charge on any atom is 0.114 e. The molecule has 1 aliphatic heterocycles. The van der Waals surface area contributed by atoms with Gasteiger partial charge in [-0.3, -0.25) is 0 Å². The summed E-state index contributed by atoms with van der Waals surface area (Å²) in [5.74, 6) is 0. The Labute approximate surface area is 184 Å². The number of allylic oxidation sites excluding steroid dienone is 2. The van der Waals surface area contributed by atoms with Crippen molar-refractivity contribution < 1.29 is 24.8 Å². The highest BCUT2D eigenvalue weighted by molar-refractivity contribution is 4.88. The average molecular weight is 429 g/mol. The molecular formula is C25H48O5. The Morgan fingerprint density at radius 1 is 0.867 bits per heavy atom. The monoisotopic (exact) mass is 428 g/mol. The quantitative estimate of drug-likeness (QED) is 0.190. The molecule has 0 radical (unpaired) electrons. The van der Waals surface area contributed by atoms with Crippen molar-refractivity contribution in [3.8, 4) is 0 Å². The largest absolute Gasteiger partial charge is 0.394 e. The van der Waals surface area contributed by atoms with Gasteiger partial charge in [-0.25, -0.2) is 0 Å². The molecule has 0 unspecified atom stereocenters. The summed E-state index contributed by atoms with van der Waals surface area (Å²) in [6, 6.07) is 0. The Hall–Kier alpha value is -0.460. The molecule has 0 amide bonds. The number of hydrogen-bond donors (Lipinski definition) is 3. The molecule has 1 rings (SSSR count). The van der Waals surface area contributed by atoms with Gasteiger partial charge in [0, 0.05) is 6.61 Å². The van der Waals surface area contributed by atoms with Gasteiger partial charge in [0.25, 0.3) is 0 Å². The van der Waals surface area contributed by atoms with E-state index in [1.54, 1.807) is 0 Å². The molecule has 0 aromatic carbocycles. The van der Waals surface area contributed by atoms with E-state index in [2.05, 4.69) is 19.1 Å². The molecule has 1 heterocycles. The number of ether oxygens (including phenoxy) is 2. The topological polar surface area (TPSA) is 79.2 Å². The first-order valence-corrected chi connectivity index (χ1v) is 12.6. The molecule has 5 heteroatoms. The van der Waals surface area contributed by atoms with Crippen molar-refractivity contribution in [3.05, 3.63) is 12.2 Å². The van der Waals surface area contributed by atoms with Crippen LogP contribution in [0.15, 0.2) is 12.2 Å². The van der Waals surface area contributed by atoms with Crippen molar-refractivity contribution >= 4 is 0 Å². The van der Waals surface area contributed by atoms with E-state index in [0.717, 1.165) is 19.3 Å². The van der Waals surface area contributed by atoms with Crippen molar-refractivity contribution in [2.45, 2.75) is 128 Å². The van der Waals surface area contributed by atoms with Gasteiger partial charge >= 0.3 is 0 Å². The molecule has 178 valence electrons. The Morgan fingerprint density at radius 3 is 1.97 bits per heavy atom. The highest BCUT2D eigenvalue weighted by Gasteiger charge is 2.40. The summed E-state index contributed by atoms with van der Waals surface area (Å²) < 4.78 is 11.0. The molecule has 30 heavy (non-hydrogen) atoms. The van der Waals surface area contributed by atoms with Gasteiger partial charge in [0.15, 0.2) is 0 Å². The Bertz CT molecular complexity index is 401. The van der Waals surface area contributed by atoms with Crippen LogP contribution in [0.2, 0.25) is 0 Å². The molecule has 0 aliphatic carbocycles. The lowest BCUT2D eigenvalue weighted by Gasteiger charge is -2.20. The maximum absolute atomic E-state index is 10.1. The molecule has 0 aromatic rings. The van der Waals surface area contributed by atoms with Gasteiger partial charge in [-0.15, -0.1) is 0 Å². The van der Waals surface area contributed by atoms with Crippen molar-refractivity contribution in [3.63, 3.8) is 0 Å². The molecule has 0 bridgehead atoms. The molecule has 1 fully saturated rings. The number of hydrogen-bond acceptors (Lipinski definition) is 5. The fourth-order valence-corrected chi connectivity index (χ4v) is 3.97. The first-order valence-electron chi connectivity index (χ1n) is 12.6. The summed E-state index contributed by atoms with van der Waals surface area (Å²) in [5, 5.41) is 28.6. The third kappa shape index (κ3) is 13.1. The van der Waals surface area contributed by atoms with Gasteiger partial charge in [0.05, 0.1) is 13.2 Å². The minimum atomic E-state index is -1.06. The van der Waals surface area contributed by atoms with Crippen molar-refractivity contribution in [1.82, 2.24) is 0 Å². The van der Waals surface area contributed by atoms with Gasteiger partial charge in [-0.05, 0) is 32.1 Å². The fourth-order valence-electron chi connectivity index (χ4n) is 3.97. The van der Waals surface area contributed by atoms with Crippen LogP contribution in [0.1, 0.15) is 103 Å². The Morgan fingerprint density at radius 2 is 1.40 bits per heavy atom. The molecular weight excluding hydrogens is 380 g/mol. The predicted molar refractivity (Wildman–Crippen MR) is 123 cm³/mol. The first-order chi connectivity index (χ1) is 14.7. The number of aliphatic hydroxyl groups is 3. The molecule has 0 aromatic heterocycles. The summed E-state index contributed by atoms with van der Waals surface area (Å²) >= 11 is 0. The second-order valence-corrected chi connectivity index (χ2v) is 8.74. The highest BCUT2D eigenvalue weighted by Crippen LogP contribution is 2.20. The Balaban J connectivity index is 1.83. The lowest BCUT2D eigenvalue weighted by molar-refractivity contribution is -0.0730. The van der Waals surface area contributed by atoms with E-state index in [4.69, 9.17) is 14.6 Å². The second kappa shape index (κ2) is 19.2.